The van der Waals surface area contributed by atoms with E-state index in [1.807, 2.05) is 18.4 Å². The molecular weight excluding hydrogens is 316 g/mol. The van der Waals surface area contributed by atoms with Crippen LogP contribution in [-0.4, -0.2) is 56.2 Å². The van der Waals surface area contributed by atoms with E-state index in [0.717, 1.165) is 19.1 Å². The van der Waals surface area contributed by atoms with E-state index in [2.05, 4.69) is 26.6 Å². The van der Waals surface area contributed by atoms with E-state index in [9.17, 15) is 0 Å². The molecule has 3 nitrogen and oxygen atoms in total. The van der Waals surface area contributed by atoms with Crippen LogP contribution in [-0.2, 0) is 11.3 Å². The van der Waals surface area contributed by atoms with Gasteiger partial charge in [0.15, 0.2) is 0 Å². The Kier molecular flexibility index (Phi) is 5.28. The fourth-order valence-corrected chi connectivity index (χ4v) is 5.78. The standard InChI is InChI=1S/C20H32N2OS/c1-23-14-19-13-22(12-18-5-10-24-15-18)16-20(19)6-8-21(9-7-20)11-17-3-2-4-17/h5,10,15,17,19H,2-4,6-9,11-14,16H2,1H3/t19-/m0/s1. The number of hydrogen-bond acceptors (Lipinski definition) is 4. The van der Waals surface area contributed by atoms with Crippen molar-refractivity contribution in [3.05, 3.63) is 22.4 Å². The predicted molar refractivity (Wildman–Crippen MR) is 100 cm³/mol. The van der Waals surface area contributed by atoms with Crippen molar-refractivity contribution < 1.29 is 4.74 Å². The van der Waals surface area contributed by atoms with Crippen molar-refractivity contribution in [3.63, 3.8) is 0 Å². The summed E-state index contributed by atoms with van der Waals surface area (Å²) in [6.07, 6.45) is 7.16. The Hall–Kier alpha value is -0.420. The number of hydrogen-bond donors (Lipinski definition) is 0. The van der Waals surface area contributed by atoms with Crippen molar-refractivity contribution in [2.75, 3.05) is 46.4 Å². The molecule has 0 unspecified atom stereocenters. The van der Waals surface area contributed by atoms with Gasteiger partial charge >= 0.3 is 0 Å². The molecule has 1 spiro atoms. The predicted octanol–water partition coefficient (Wildman–Crippen LogP) is 3.71. The lowest BCUT2D eigenvalue weighted by atomic mass is 9.71. The Morgan fingerprint density at radius 1 is 1.25 bits per heavy atom. The second kappa shape index (κ2) is 7.45. The van der Waals surface area contributed by atoms with Crippen LogP contribution in [0.3, 0.4) is 0 Å². The minimum absolute atomic E-state index is 0.502. The summed E-state index contributed by atoms with van der Waals surface area (Å²) in [7, 11) is 1.88. The molecule has 3 aliphatic rings. The van der Waals surface area contributed by atoms with Gasteiger partial charge in [0.2, 0.25) is 0 Å². The summed E-state index contributed by atoms with van der Waals surface area (Å²) >= 11 is 1.82. The first-order chi connectivity index (χ1) is 11.8. The van der Waals surface area contributed by atoms with Gasteiger partial charge in [-0.05, 0) is 72.5 Å². The molecule has 3 heterocycles. The molecule has 0 aromatic carbocycles. The van der Waals surface area contributed by atoms with Crippen molar-refractivity contribution >= 4 is 11.3 Å². The summed E-state index contributed by atoms with van der Waals surface area (Å²) in [4.78, 5) is 5.44. The Bertz CT molecular complexity index is 506. The van der Waals surface area contributed by atoms with E-state index in [0.29, 0.717) is 11.3 Å². The van der Waals surface area contributed by atoms with Gasteiger partial charge in [0.05, 0.1) is 6.61 Å². The number of rotatable bonds is 6. The molecule has 1 aromatic rings. The molecule has 1 atom stereocenters. The summed E-state index contributed by atoms with van der Waals surface area (Å²) in [5, 5.41) is 4.50. The van der Waals surface area contributed by atoms with Crippen molar-refractivity contribution in [3.8, 4) is 0 Å². The summed E-state index contributed by atoms with van der Waals surface area (Å²) < 4.78 is 5.62. The number of thiophene rings is 1. The highest BCUT2D eigenvalue weighted by atomic mass is 32.1. The molecule has 0 radical (unpaired) electrons. The lowest BCUT2D eigenvalue weighted by Crippen LogP contribution is -2.46. The minimum atomic E-state index is 0.502. The van der Waals surface area contributed by atoms with Crippen LogP contribution in [0.1, 0.15) is 37.7 Å². The molecular formula is C20H32N2OS. The van der Waals surface area contributed by atoms with Crippen LogP contribution in [0.25, 0.3) is 0 Å². The van der Waals surface area contributed by atoms with Gasteiger partial charge in [0, 0.05) is 39.2 Å². The zero-order chi connectivity index (χ0) is 16.4. The highest BCUT2D eigenvalue weighted by molar-refractivity contribution is 7.07. The molecule has 24 heavy (non-hydrogen) atoms. The molecule has 4 rings (SSSR count). The van der Waals surface area contributed by atoms with Crippen LogP contribution in [0.4, 0.5) is 0 Å². The molecule has 3 fully saturated rings. The van der Waals surface area contributed by atoms with Crippen molar-refractivity contribution in [1.82, 2.24) is 9.80 Å². The van der Waals surface area contributed by atoms with Crippen molar-refractivity contribution in [1.29, 1.82) is 0 Å². The fourth-order valence-electron chi connectivity index (χ4n) is 5.12. The van der Waals surface area contributed by atoms with Gasteiger partial charge in [-0.2, -0.15) is 11.3 Å². The van der Waals surface area contributed by atoms with Gasteiger partial charge in [-0.25, -0.2) is 0 Å². The fraction of sp³-hybridized carbons (Fsp3) is 0.800. The SMILES string of the molecule is COC[C@@H]1CN(Cc2ccsc2)CC12CCN(CC1CCC1)CC2. The molecule has 1 saturated carbocycles. The highest BCUT2D eigenvalue weighted by Gasteiger charge is 2.47. The van der Waals surface area contributed by atoms with E-state index >= 15 is 0 Å². The van der Waals surface area contributed by atoms with Gasteiger partial charge < -0.3 is 9.64 Å². The van der Waals surface area contributed by atoms with E-state index in [1.54, 1.807) is 0 Å². The third kappa shape index (κ3) is 3.57. The van der Waals surface area contributed by atoms with Crippen LogP contribution in [0.5, 0.6) is 0 Å². The maximum atomic E-state index is 5.62. The van der Waals surface area contributed by atoms with E-state index < -0.39 is 0 Å². The van der Waals surface area contributed by atoms with Gasteiger partial charge in [-0.1, -0.05) is 6.42 Å². The van der Waals surface area contributed by atoms with Gasteiger partial charge in [0.25, 0.3) is 0 Å². The average molecular weight is 349 g/mol. The average Bonchev–Trinajstić information content (AvgIpc) is 3.15. The largest absolute Gasteiger partial charge is 0.384 e. The third-order valence-corrected chi connectivity index (χ3v) is 7.56. The maximum absolute atomic E-state index is 5.62. The van der Waals surface area contributed by atoms with Crippen molar-refractivity contribution in [2.24, 2.45) is 17.3 Å². The summed E-state index contributed by atoms with van der Waals surface area (Å²) in [5.74, 6) is 1.72. The molecule has 0 bridgehead atoms. The highest BCUT2D eigenvalue weighted by Crippen LogP contribution is 2.45. The quantitative estimate of drug-likeness (QED) is 0.779. The number of piperidine rings is 1. The molecule has 2 saturated heterocycles. The van der Waals surface area contributed by atoms with E-state index in [4.69, 9.17) is 4.74 Å². The molecule has 0 amide bonds. The molecule has 1 aromatic heterocycles. The first-order valence-electron chi connectivity index (χ1n) is 9.72. The first kappa shape index (κ1) is 17.0. The Morgan fingerprint density at radius 3 is 2.71 bits per heavy atom. The lowest BCUT2D eigenvalue weighted by molar-refractivity contribution is 0.0281. The summed E-state index contributed by atoms with van der Waals surface area (Å²) in [6.45, 7) is 8.52. The second-order valence-electron chi connectivity index (χ2n) is 8.41. The topological polar surface area (TPSA) is 15.7 Å². The summed E-state index contributed by atoms with van der Waals surface area (Å²) in [6, 6.07) is 2.28. The van der Waals surface area contributed by atoms with Gasteiger partial charge in [-0.3, -0.25) is 4.90 Å². The molecule has 1 aliphatic carbocycles. The Morgan fingerprint density at radius 2 is 2.08 bits per heavy atom. The van der Waals surface area contributed by atoms with Crippen LogP contribution >= 0.6 is 11.3 Å². The zero-order valence-corrected chi connectivity index (χ0v) is 15.9. The Labute approximate surface area is 151 Å². The third-order valence-electron chi connectivity index (χ3n) is 6.83. The number of nitrogens with zero attached hydrogens (tertiary/aromatic N) is 2. The smallest absolute Gasteiger partial charge is 0.0508 e. The normalized spacial score (nSPS) is 28.5. The van der Waals surface area contributed by atoms with E-state index in [1.165, 1.54) is 70.4 Å². The molecule has 0 N–H and O–H groups in total. The van der Waals surface area contributed by atoms with E-state index in [-0.39, 0.29) is 0 Å². The maximum Gasteiger partial charge on any atom is 0.0508 e. The Balaban J connectivity index is 1.36. The number of methoxy groups -OCH3 is 1. The monoisotopic (exact) mass is 348 g/mol. The van der Waals surface area contributed by atoms with Gasteiger partial charge in [0.1, 0.15) is 0 Å². The van der Waals surface area contributed by atoms with Crippen LogP contribution in [0.15, 0.2) is 16.8 Å². The van der Waals surface area contributed by atoms with Crippen LogP contribution in [0, 0.1) is 17.3 Å². The molecule has 4 heteroatoms. The number of likely N-dealkylation sites (tertiary alicyclic amines) is 2. The minimum Gasteiger partial charge on any atom is -0.384 e. The number of ether oxygens (including phenoxy) is 1. The van der Waals surface area contributed by atoms with Crippen molar-refractivity contribution in [2.45, 2.75) is 38.6 Å². The lowest BCUT2D eigenvalue weighted by Gasteiger charge is -2.44. The van der Waals surface area contributed by atoms with Crippen LogP contribution < -0.4 is 0 Å². The first-order valence-corrected chi connectivity index (χ1v) is 10.7. The molecule has 2 aliphatic heterocycles. The summed E-state index contributed by atoms with van der Waals surface area (Å²) in [5.41, 5.74) is 1.98. The van der Waals surface area contributed by atoms with Gasteiger partial charge in [-0.15, -0.1) is 0 Å². The zero-order valence-electron chi connectivity index (χ0n) is 15.1. The second-order valence-corrected chi connectivity index (χ2v) is 9.19. The molecule has 134 valence electrons. The van der Waals surface area contributed by atoms with Crippen LogP contribution in [0.2, 0.25) is 0 Å².